The first kappa shape index (κ1) is 23.8. The molecule has 0 spiro atoms. The summed E-state index contributed by atoms with van der Waals surface area (Å²) < 4.78 is 28.4. The van der Waals surface area contributed by atoms with E-state index in [2.05, 4.69) is 22.3 Å². The molecule has 0 radical (unpaired) electrons. The zero-order valence-corrected chi connectivity index (χ0v) is 20.7. The minimum absolute atomic E-state index is 0.0404. The van der Waals surface area contributed by atoms with E-state index < -0.39 is 10.0 Å². The second kappa shape index (κ2) is 9.99. The topological polar surface area (TPSA) is 90.0 Å². The molecule has 2 aromatic carbocycles. The minimum atomic E-state index is -3.72. The van der Waals surface area contributed by atoms with Crippen LogP contribution in [-0.2, 0) is 26.0 Å². The van der Waals surface area contributed by atoms with Crippen LogP contribution in [0.4, 0.5) is 11.4 Å². The molecule has 3 heterocycles. The first-order valence-corrected chi connectivity index (χ1v) is 13.9. The summed E-state index contributed by atoms with van der Waals surface area (Å²) in [5.41, 5.74) is 2.69. The molecule has 2 amide bonds. The Kier molecular flexibility index (Phi) is 6.80. The van der Waals surface area contributed by atoms with Gasteiger partial charge in [-0.25, -0.2) is 8.42 Å². The van der Waals surface area contributed by atoms with E-state index in [0.717, 1.165) is 24.3 Å². The van der Waals surface area contributed by atoms with Crippen molar-refractivity contribution in [3.05, 3.63) is 54.1 Å². The Morgan fingerprint density at radius 3 is 2.46 bits per heavy atom. The van der Waals surface area contributed by atoms with Crippen LogP contribution in [0.5, 0.6) is 0 Å². The first-order chi connectivity index (χ1) is 16.9. The Morgan fingerprint density at radius 1 is 0.914 bits per heavy atom. The summed E-state index contributed by atoms with van der Waals surface area (Å²) in [5.74, 6) is -0.300. The summed E-state index contributed by atoms with van der Waals surface area (Å²) >= 11 is 0. The Bertz CT molecular complexity index is 1190. The molecule has 1 atom stereocenters. The SMILES string of the molecule is O=C1CCCc2cc(S(=O)(=O)N3CCC[C@H](C(=O)N4CCN(c5ccccc5)CC4)C3)ccc2N1. The highest BCUT2D eigenvalue weighted by Gasteiger charge is 2.36. The van der Waals surface area contributed by atoms with E-state index in [0.29, 0.717) is 57.4 Å². The average Bonchev–Trinajstić information content (AvgIpc) is 3.09. The lowest BCUT2D eigenvalue weighted by molar-refractivity contribution is -0.137. The predicted octanol–water partition coefficient (Wildman–Crippen LogP) is 2.71. The van der Waals surface area contributed by atoms with Gasteiger partial charge in [0.05, 0.1) is 10.8 Å². The average molecular weight is 497 g/mol. The van der Waals surface area contributed by atoms with Crippen molar-refractivity contribution in [3.63, 3.8) is 0 Å². The highest BCUT2D eigenvalue weighted by atomic mass is 32.2. The summed E-state index contributed by atoms with van der Waals surface area (Å²) in [5, 5.41) is 2.85. The lowest BCUT2D eigenvalue weighted by Crippen LogP contribution is -2.53. The van der Waals surface area contributed by atoms with Crippen LogP contribution in [0.2, 0.25) is 0 Å². The van der Waals surface area contributed by atoms with Crippen LogP contribution in [0.25, 0.3) is 0 Å². The third kappa shape index (κ3) is 5.06. The second-order valence-corrected chi connectivity index (χ2v) is 11.5. The number of benzene rings is 2. The number of hydrogen-bond donors (Lipinski definition) is 1. The van der Waals surface area contributed by atoms with Gasteiger partial charge < -0.3 is 15.1 Å². The van der Waals surface area contributed by atoms with Gasteiger partial charge in [-0.1, -0.05) is 18.2 Å². The second-order valence-electron chi connectivity index (χ2n) is 9.57. The van der Waals surface area contributed by atoms with Gasteiger partial charge in [0, 0.05) is 57.1 Å². The van der Waals surface area contributed by atoms with E-state index in [9.17, 15) is 18.0 Å². The van der Waals surface area contributed by atoms with E-state index in [1.807, 2.05) is 23.1 Å². The molecule has 35 heavy (non-hydrogen) atoms. The normalized spacial score (nSPS) is 21.7. The van der Waals surface area contributed by atoms with Crippen LogP contribution >= 0.6 is 0 Å². The maximum atomic E-state index is 13.5. The van der Waals surface area contributed by atoms with Crippen molar-refractivity contribution >= 4 is 33.2 Å². The first-order valence-electron chi connectivity index (χ1n) is 12.4. The van der Waals surface area contributed by atoms with E-state index in [1.165, 1.54) is 4.31 Å². The van der Waals surface area contributed by atoms with Gasteiger partial charge in [0.1, 0.15) is 0 Å². The van der Waals surface area contributed by atoms with E-state index >= 15 is 0 Å². The molecule has 8 nitrogen and oxygen atoms in total. The van der Waals surface area contributed by atoms with Crippen LogP contribution < -0.4 is 10.2 Å². The van der Waals surface area contributed by atoms with Gasteiger partial charge in [-0.3, -0.25) is 9.59 Å². The van der Waals surface area contributed by atoms with Gasteiger partial charge in [-0.15, -0.1) is 0 Å². The fourth-order valence-corrected chi connectivity index (χ4v) is 6.88. The third-order valence-electron chi connectivity index (χ3n) is 7.28. The maximum absolute atomic E-state index is 13.5. The monoisotopic (exact) mass is 496 g/mol. The largest absolute Gasteiger partial charge is 0.368 e. The number of fused-ring (bicyclic) bond motifs is 1. The molecule has 0 bridgehead atoms. The molecule has 186 valence electrons. The molecule has 0 saturated carbocycles. The van der Waals surface area contributed by atoms with Crippen molar-refractivity contribution < 1.29 is 18.0 Å². The summed E-state index contributed by atoms with van der Waals surface area (Å²) in [7, 11) is -3.72. The maximum Gasteiger partial charge on any atom is 0.243 e. The molecule has 0 unspecified atom stereocenters. The molecule has 2 aromatic rings. The molecule has 2 fully saturated rings. The fourth-order valence-electron chi connectivity index (χ4n) is 5.30. The summed E-state index contributed by atoms with van der Waals surface area (Å²) in [4.78, 5) is 29.5. The Balaban J connectivity index is 1.24. The fraction of sp³-hybridized carbons (Fsp3) is 0.462. The highest BCUT2D eigenvalue weighted by molar-refractivity contribution is 7.89. The quantitative estimate of drug-likeness (QED) is 0.703. The molecular formula is C26H32N4O4S. The van der Waals surface area contributed by atoms with Crippen molar-refractivity contribution in [3.8, 4) is 0 Å². The van der Waals surface area contributed by atoms with E-state index in [4.69, 9.17) is 0 Å². The van der Waals surface area contributed by atoms with E-state index in [-0.39, 0.29) is 29.2 Å². The number of sulfonamides is 1. The number of piperidine rings is 1. The third-order valence-corrected chi connectivity index (χ3v) is 9.15. The Morgan fingerprint density at radius 2 is 1.69 bits per heavy atom. The molecule has 3 aliphatic heterocycles. The molecule has 3 aliphatic rings. The molecular weight excluding hydrogens is 464 g/mol. The molecule has 1 N–H and O–H groups in total. The van der Waals surface area contributed by atoms with Crippen LogP contribution in [0.1, 0.15) is 31.2 Å². The van der Waals surface area contributed by atoms with Crippen LogP contribution in [-0.4, -0.2) is 68.7 Å². The summed E-state index contributed by atoms with van der Waals surface area (Å²) in [6, 6.07) is 15.1. The van der Waals surface area contributed by atoms with Gasteiger partial charge >= 0.3 is 0 Å². The van der Waals surface area contributed by atoms with Crippen LogP contribution in [0, 0.1) is 5.92 Å². The number of aryl methyl sites for hydroxylation is 1. The number of anilines is 2. The zero-order chi connectivity index (χ0) is 24.4. The van der Waals surface area contributed by atoms with Gasteiger partial charge in [-0.05, 0) is 61.6 Å². The van der Waals surface area contributed by atoms with Crippen LogP contribution in [0.15, 0.2) is 53.4 Å². The summed E-state index contributed by atoms with van der Waals surface area (Å²) in [6.45, 7) is 3.48. The number of nitrogens with zero attached hydrogens (tertiary/aromatic N) is 3. The molecule has 9 heteroatoms. The van der Waals surface area contributed by atoms with Crippen molar-refractivity contribution in [1.29, 1.82) is 0 Å². The van der Waals surface area contributed by atoms with Crippen molar-refractivity contribution in [2.24, 2.45) is 5.92 Å². The lowest BCUT2D eigenvalue weighted by atomic mass is 9.97. The van der Waals surface area contributed by atoms with Gasteiger partial charge in [0.15, 0.2) is 0 Å². The molecule has 0 aromatic heterocycles. The van der Waals surface area contributed by atoms with Gasteiger partial charge in [-0.2, -0.15) is 4.31 Å². The van der Waals surface area contributed by atoms with Crippen LogP contribution in [0.3, 0.4) is 0 Å². The number of nitrogens with one attached hydrogen (secondary N) is 1. The highest BCUT2D eigenvalue weighted by Crippen LogP contribution is 2.30. The van der Waals surface area contributed by atoms with Gasteiger partial charge in [0.2, 0.25) is 21.8 Å². The van der Waals surface area contributed by atoms with Crippen molar-refractivity contribution in [2.45, 2.75) is 37.0 Å². The predicted molar refractivity (Wildman–Crippen MR) is 135 cm³/mol. The Labute approximate surface area is 206 Å². The minimum Gasteiger partial charge on any atom is -0.368 e. The Hall–Kier alpha value is -2.91. The number of carbonyl (C=O) groups excluding carboxylic acids is 2. The summed E-state index contributed by atoms with van der Waals surface area (Å²) in [6.07, 6.45) is 3.17. The van der Waals surface area contributed by atoms with Crippen molar-refractivity contribution in [2.75, 3.05) is 49.5 Å². The smallest absolute Gasteiger partial charge is 0.243 e. The molecule has 5 rings (SSSR count). The molecule has 2 saturated heterocycles. The number of rotatable bonds is 4. The number of hydrogen-bond acceptors (Lipinski definition) is 5. The number of para-hydroxylation sites is 1. The number of carbonyl (C=O) groups is 2. The standard InChI is InChI=1S/C26H32N4O4S/c31-25-10-4-6-20-18-23(11-12-24(20)27-25)35(33,34)30-13-5-7-21(19-30)26(32)29-16-14-28(15-17-29)22-8-2-1-3-9-22/h1-3,8-9,11-12,18,21H,4-7,10,13-17,19H2,(H,27,31)/t21-/m0/s1. The lowest BCUT2D eigenvalue weighted by Gasteiger charge is -2.39. The number of amides is 2. The molecule has 0 aliphatic carbocycles. The number of piperazine rings is 1. The van der Waals surface area contributed by atoms with E-state index in [1.54, 1.807) is 18.2 Å². The zero-order valence-electron chi connectivity index (χ0n) is 19.9. The van der Waals surface area contributed by atoms with Crippen molar-refractivity contribution in [1.82, 2.24) is 9.21 Å². The van der Waals surface area contributed by atoms with Gasteiger partial charge in [0.25, 0.3) is 0 Å².